The molecule has 0 fully saturated rings. The molecule has 4 aromatic heterocycles. The lowest BCUT2D eigenvalue weighted by atomic mass is 10.2. The molecule has 0 spiro atoms. The minimum atomic E-state index is -0.164. The number of rotatable bonds is 6. The molecule has 0 amide bonds. The summed E-state index contributed by atoms with van der Waals surface area (Å²) in [5.41, 5.74) is 2.06. The van der Waals surface area contributed by atoms with Crippen LogP contribution in [0.15, 0.2) is 57.9 Å². The summed E-state index contributed by atoms with van der Waals surface area (Å²) < 4.78 is 11.2. The maximum atomic E-state index is 11.6. The van der Waals surface area contributed by atoms with Gasteiger partial charge in [0.1, 0.15) is 23.9 Å². The molecule has 5 aromatic rings. The fraction of sp³-hybridized carbons (Fsp3) is 0.100. The molecule has 4 heterocycles. The Kier molecular flexibility index (Phi) is 4.28. The van der Waals surface area contributed by atoms with Gasteiger partial charge in [-0.1, -0.05) is 0 Å². The van der Waals surface area contributed by atoms with Gasteiger partial charge in [0.15, 0.2) is 17.4 Å². The molecule has 5 rings (SSSR count). The van der Waals surface area contributed by atoms with Crippen LogP contribution in [0.3, 0.4) is 0 Å². The van der Waals surface area contributed by atoms with Gasteiger partial charge in [-0.25, -0.2) is 9.97 Å². The first-order chi connectivity index (χ1) is 14.6. The van der Waals surface area contributed by atoms with Crippen molar-refractivity contribution in [2.45, 2.75) is 13.5 Å². The predicted octanol–water partition coefficient (Wildman–Crippen LogP) is 3.26. The van der Waals surface area contributed by atoms with Crippen LogP contribution in [0.25, 0.3) is 22.4 Å². The molecule has 0 bridgehead atoms. The van der Waals surface area contributed by atoms with E-state index in [1.807, 2.05) is 31.2 Å². The zero-order valence-electron chi connectivity index (χ0n) is 15.9. The Balaban J connectivity index is 1.31. The van der Waals surface area contributed by atoms with E-state index in [1.165, 1.54) is 0 Å². The smallest absolute Gasteiger partial charge is 0.271 e. The van der Waals surface area contributed by atoms with Gasteiger partial charge in [0.25, 0.3) is 5.56 Å². The van der Waals surface area contributed by atoms with Crippen molar-refractivity contribution in [1.82, 2.24) is 30.4 Å². The third kappa shape index (κ3) is 3.53. The van der Waals surface area contributed by atoms with Crippen LogP contribution in [0.5, 0.6) is 5.75 Å². The van der Waals surface area contributed by atoms with Crippen molar-refractivity contribution < 1.29 is 9.15 Å². The molecule has 0 saturated carbocycles. The number of fused-ring (bicyclic) bond motifs is 1. The van der Waals surface area contributed by atoms with Gasteiger partial charge in [0.2, 0.25) is 0 Å². The van der Waals surface area contributed by atoms with Crippen LogP contribution in [0.2, 0.25) is 0 Å². The van der Waals surface area contributed by atoms with Crippen LogP contribution < -0.4 is 15.6 Å². The standard InChI is InChI=1S/C20H17N7O3/c1-11-7-17(22-18-9-15(25-26-18)16-3-2-6-29-16)23-19(21-11)10-30-12-4-5-13-14(8-12)24-27-20(13)28/h2-9H,10H2,1H3,(H2,24,27,28)(H2,21,22,23,25,26). The molecule has 150 valence electrons. The molecule has 10 nitrogen and oxygen atoms in total. The zero-order valence-corrected chi connectivity index (χ0v) is 15.9. The second kappa shape index (κ2) is 7.24. The van der Waals surface area contributed by atoms with Gasteiger partial charge in [0.05, 0.1) is 17.2 Å². The maximum absolute atomic E-state index is 11.6. The predicted molar refractivity (Wildman–Crippen MR) is 110 cm³/mol. The summed E-state index contributed by atoms with van der Waals surface area (Å²) >= 11 is 0. The number of aromatic nitrogens is 6. The number of furan rings is 1. The molecule has 30 heavy (non-hydrogen) atoms. The summed E-state index contributed by atoms with van der Waals surface area (Å²) in [5.74, 6) is 3.02. The molecular weight excluding hydrogens is 386 g/mol. The summed E-state index contributed by atoms with van der Waals surface area (Å²) in [6, 6.07) is 12.5. The minimum Gasteiger partial charge on any atom is -0.486 e. The van der Waals surface area contributed by atoms with E-state index in [4.69, 9.17) is 9.15 Å². The lowest BCUT2D eigenvalue weighted by Crippen LogP contribution is -2.05. The number of H-pyrrole nitrogens is 3. The van der Waals surface area contributed by atoms with Gasteiger partial charge in [-0.3, -0.25) is 20.1 Å². The van der Waals surface area contributed by atoms with Crippen molar-refractivity contribution in [2.75, 3.05) is 5.32 Å². The molecule has 1 aromatic carbocycles. The molecule has 4 N–H and O–H groups in total. The highest BCUT2D eigenvalue weighted by Gasteiger charge is 2.09. The first-order valence-corrected chi connectivity index (χ1v) is 9.18. The van der Waals surface area contributed by atoms with E-state index in [2.05, 4.69) is 35.7 Å². The fourth-order valence-corrected chi connectivity index (χ4v) is 3.09. The number of anilines is 2. The molecule has 0 aliphatic carbocycles. The van der Waals surface area contributed by atoms with Gasteiger partial charge in [-0.2, -0.15) is 5.10 Å². The summed E-state index contributed by atoms with van der Waals surface area (Å²) in [4.78, 5) is 20.5. The Morgan fingerprint density at radius 3 is 2.90 bits per heavy atom. The Morgan fingerprint density at radius 1 is 1.10 bits per heavy atom. The number of nitrogens with one attached hydrogen (secondary N) is 4. The van der Waals surface area contributed by atoms with Gasteiger partial charge in [-0.05, 0) is 31.2 Å². The average molecular weight is 403 g/mol. The Bertz CT molecular complexity index is 1360. The average Bonchev–Trinajstić information content (AvgIpc) is 3.48. The molecule has 0 aliphatic rings. The first kappa shape index (κ1) is 17.7. The van der Waals surface area contributed by atoms with Gasteiger partial charge >= 0.3 is 0 Å². The fourth-order valence-electron chi connectivity index (χ4n) is 3.09. The molecular formula is C20H17N7O3. The number of ether oxygens (including phenoxy) is 1. The summed E-state index contributed by atoms with van der Waals surface area (Å²) in [6.45, 7) is 2.06. The summed E-state index contributed by atoms with van der Waals surface area (Å²) in [6.07, 6.45) is 1.61. The third-order valence-electron chi connectivity index (χ3n) is 4.44. The minimum absolute atomic E-state index is 0.164. The normalized spacial score (nSPS) is 11.1. The van der Waals surface area contributed by atoms with Crippen molar-refractivity contribution in [3.8, 4) is 17.2 Å². The van der Waals surface area contributed by atoms with Gasteiger partial charge < -0.3 is 14.5 Å². The number of nitrogens with zero attached hydrogens (tertiary/aromatic N) is 3. The van der Waals surface area contributed by atoms with E-state index in [-0.39, 0.29) is 12.2 Å². The molecule has 0 unspecified atom stereocenters. The van der Waals surface area contributed by atoms with E-state index >= 15 is 0 Å². The maximum Gasteiger partial charge on any atom is 0.271 e. The van der Waals surface area contributed by atoms with Crippen LogP contribution >= 0.6 is 0 Å². The molecule has 0 atom stereocenters. The number of hydrogen-bond acceptors (Lipinski definition) is 7. The zero-order chi connectivity index (χ0) is 20.5. The van der Waals surface area contributed by atoms with Crippen LogP contribution in [-0.2, 0) is 6.61 Å². The van der Waals surface area contributed by atoms with E-state index in [0.717, 1.165) is 11.4 Å². The molecule has 10 heteroatoms. The van der Waals surface area contributed by atoms with Gasteiger partial charge in [-0.15, -0.1) is 0 Å². The van der Waals surface area contributed by atoms with E-state index in [9.17, 15) is 4.79 Å². The SMILES string of the molecule is Cc1cc(Nc2cc(-c3ccco3)[nH]n2)nc(COc2ccc3c(=O)[nH][nH]c3c2)n1. The van der Waals surface area contributed by atoms with Crippen molar-refractivity contribution in [3.63, 3.8) is 0 Å². The molecule has 0 aliphatic heterocycles. The Hall–Kier alpha value is -4.34. The van der Waals surface area contributed by atoms with Crippen LogP contribution in [0.4, 0.5) is 11.6 Å². The quantitative estimate of drug-likeness (QED) is 0.341. The molecule has 0 saturated heterocycles. The number of aromatic amines is 3. The van der Waals surface area contributed by atoms with Gasteiger partial charge in [0, 0.05) is 23.9 Å². The Morgan fingerprint density at radius 2 is 2.03 bits per heavy atom. The van der Waals surface area contributed by atoms with E-state index in [1.54, 1.807) is 24.5 Å². The van der Waals surface area contributed by atoms with E-state index in [0.29, 0.717) is 39.9 Å². The second-order valence-electron chi connectivity index (χ2n) is 6.66. The highest BCUT2D eigenvalue weighted by Crippen LogP contribution is 2.22. The van der Waals surface area contributed by atoms with Crippen LogP contribution in [0.1, 0.15) is 11.5 Å². The number of benzene rings is 1. The summed E-state index contributed by atoms with van der Waals surface area (Å²) in [5, 5.41) is 16.2. The van der Waals surface area contributed by atoms with Crippen LogP contribution in [0, 0.1) is 6.92 Å². The first-order valence-electron chi connectivity index (χ1n) is 9.18. The van der Waals surface area contributed by atoms with Crippen molar-refractivity contribution in [1.29, 1.82) is 0 Å². The summed E-state index contributed by atoms with van der Waals surface area (Å²) in [7, 11) is 0. The monoisotopic (exact) mass is 403 g/mol. The lowest BCUT2D eigenvalue weighted by Gasteiger charge is -2.08. The molecule has 0 radical (unpaired) electrons. The third-order valence-corrected chi connectivity index (χ3v) is 4.44. The topological polar surface area (TPSA) is 138 Å². The number of hydrogen-bond donors (Lipinski definition) is 4. The Labute approximate surface area is 169 Å². The highest BCUT2D eigenvalue weighted by molar-refractivity contribution is 5.79. The van der Waals surface area contributed by atoms with Crippen molar-refractivity contribution >= 4 is 22.5 Å². The largest absolute Gasteiger partial charge is 0.486 e. The van der Waals surface area contributed by atoms with Crippen LogP contribution in [-0.4, -0.2) is 30.4 Å². The van der Waals surface area contributed by atoms with Crippen molar-refractivity contribution in [2.24, 2.45) is 0 Å². The van der Waals surface area contributed by atoms with Crippen molar-refractivity contribution in [3.05, 3.63) is 70.6 Å². The lowest BCUT2D eigenvalue weighted by molar-refractivity contribution is 0.296. The van der Waals surface area contributed by atoms with E-state index < -0.39 is 0 Å². The number of aryl methyl sites for hydroxylation is 1. The highest BCUT2D eigenvalue weighted by atomic mass is 16.5. The second-order valence-corrected chi connectivity index (χ2v) is 6.66.